The molecule has 2 atom stereocenters. The maximum absolute atomic E-state index is 8.57. The molecule has 0 bridgehead atoms. The van der Waals surface area contributed by atoms with Gasteiger partial charge in [0.1, 0.15) is 0 Å². The predicted molar refractivity (Wildman–Crippen MR) is 68.3 cm³/mol. The lowest BCUT2D eigenvalue weighted by Gasteiger charge is -2.20. The second-order valence-electron chi connectivity index (χ2n) is 4.74. The van der Waals surface area contributed by atoms with Crippen molar-refractivity contribution < 1.29 is 0 Å². The van der Waals surface area contributed by atoms with Crippen molar-refractivity contribution in [2.24, 2.45) is 0 Å². The molecule has 1 fully saturated rings. The summed E-state index contributed by atoms with van der Waals surface area (Å²) in [5, 5.41) is 11.8. The van der Waals surface area contributed by atoms with Gasteiger partial charge in [-0.25, -0.2) is 0 Å². The van der Waals surface area contributed by atoms with Gasteiger partial charge in [-0.1, -0.05) is 30.3 Å². The van der Waals surface area contributed by atoms with Crippen LogP contribution in [0.2, 0.25) is 0 Å². The minimum Gasteiger partial charge on any atom is -0.300 e. The van der Waals surface area contributed by atoms with Gasteiger partial charge in [0.25, 0.3) is 0 Å². The first-order chi connectivity index (χ1) is 8.29. The molecule has 2 rings (SSSR count). The summed E-state index contributed by atoms with van der Waals surface area (Å²) >= 11 is 0. The predicted octanol–water partition coefficient (Wildman–Crippen LogP) is 1.76. The molecule has 1 saturated heterocycles. The van der Waals surface area contributed by atoms with Gasteiger partial charge >= 0.3 is 0 Å². The van der Waals surface area contributed by atoms with Crippen molar-refractivity contribution in [2.45, 2.75) is 32.0 Å². The highest BCUT2D eigenvalue weighted by Crippen LogP contribution is 2.19. The van der Waals surface area contributed by atoms with Gasteiger partial charge in [0.15, 0.2) is 0 Å². The van der Waals surface area contributed by atoms with E-state index in [0.29, 0.717) is 18.6 Å². The zero-order valence-corrected chi connectivity index (χ0v) is 10.3. The standard InChI is InChI=1S/C14H19N3/c1-12-9-14(16-8-7-15)11-17(12)10-13-5-3-2-4-6-13/h2-6,12,14,16H,8-11H2,1H3. The first-order valence-corrected chi connectivity index (χ1v) is 6.18. The Labute approximate surface area is 103 Å². The molecule has 1 aliphatic heterocycles. The molecule has 1 N–H and O–H groups in total. The Kier molecular flexibility index (Phi) is 4.13. The molecule has 17 heavy (non-hydrogen) atoms. The van der Waals surface area contributed by atoms with Crippen molar-refractivity contribution in [3.8, 4) is 6.07 Å². The lowest BCUT2D eigenvalue weighted by molar-refractivity contribution is 0.257. The fourth-order valence-corrected chi connectivity index (χ4v) is 2.47. The molecular weight excluding hydrogens is 210 g/mol. The Morgan fingerprint density at radius 3 is 2.88 bits per heavy atom. The Bertz CT molecular complexity index is 382. The first-order valence-electron chi connectivity index (χ1n) is 6.18. The maximum atomic E-state index is 8.57. The van der Waals surface area contributed by atoms with Gasteiger partial charge in [-0.2, -0.15) is 5.26 Å². The zero-order chi connectivity index (χ0) is 12.1. The summed E-state index contributed by atoms with van der Waals surface area (Å²) in [6.07, 6.45) is 1.13. The maximum Gasteiger partial charge on any atom is 0.0843 e. The highest BCUT2D eigenvalue weighted by atomic mass is 15.2. The van der Waals surface area contributed by atoms with E-state index in [1.807, 2.05) is 6.07 Å². The molecule has 2 unspecified atom stereocenters. The first kappa shape index (κ1) is 12.1. The van der Waals surface area contributed by atoms with Crippen LogP contribution in [0.4, 0.5) is 0 Å². The molecule has 0 radical (unpaired) electrons. The molecule has 1 aromatic rings. The molecule has 0 amide bonds. The highest BCUT2D eigenvalue weighted by molar-refractivity contribution is 5.15. The van der Waals surface area contributed by atoms with Crippen molar-refractivity contribution in [3.63, 3.8) is 0 Å². The van der Waals surface area contributed by atoms with Crippen molar-refractivity contribution in [1.82, 2.24) is 10.2 Å². The number of likely N-dealkylation sites (tertiary alicyclic amines) is 1. The molecule has 1 aliphatic rings. The van der Waals surface area contributed by atoms with Crippen molar-refractivity contribution in [3.05, 3.63) is 35.9 Å². The van der Waals surface area contributed by atoms with Crippen LogP contribution in [-0.2, 0) is 6.54 Å². The van der Waals surface area contributed by atoms with E-state index in [2.05, 4.69) is 47.5 Å². The van der Waals surface area contributed by atoms with Crippen molar-refractivity contribution >= 4 is 0 Å². The minimum atomic E-state index is 0.455. The molecule has 90 valence electrons. The summed E-state index contributed by atoms with van der Waals surface area (Å²) in [6, 6.07) is 13.8. The van der Waals surface area contributed by atoms with Crippen LogP contribution in [0.5, 0.6) is 0 Å². The Hall–Kier alpha value is -1.37. The second kappa shape index (κ2) is 5.81. The third-order valence-corrected chi connectivity index (χ3v) is 3.40. The summed E-state index contributed by atoms with van der Waals surface area (Å²) < 4.78 is 0. The zero-order valence-electron chi connectivity index (χ0n) is 10.3. The SMILES string of the molecule is CC1CC(NCC#N)CN1Cc1ccccc1. The molecule has 3 heteroatoms. The molecule has 0 spiro atoms. The topological polar surface area (TPSA) is 39.1 Å². The van der Waals surface area contributed by atoms with E-state index < -0.39 is 0 Å². The molecule has 0 aliphatic carbocycles. The summed E-state index contributed by atoms with van der Waals surface area (Å²) in [5.41, 5.74) is 1.36. The number of benzene rings is 1. The van der Waals surface area contributed by atoms with Crippen LogP contribution in [0.15, 0.2) is 30.3 Å². The van der Waals surface area contributed by atoms with E-state index in [1.165, 1.54) is 5.56 Å². The van der Waals surface area contributed by atoms with E-state index in [4.69, 9.17) is 5.26 Å². The number of nitrogens with one attached hydrogen (secondary N) is 1. The van der Waals surface area contributed by atoms with E-state index in [9.17, 15) is 0 Å². The van der Waals surface area contributed by atoms with Crippen LogP contribution in [-0.4, -0.2) is 30.1 Å². The monoisotopic (exact) mass is 229 g/mol. The van der Waals surface area contributed by atoms with E-state index in [1.54, 1.807) is 0 Å². The Balaban J connectivity index is 1.88. The lowest BCUT2D eigenvalue weighted by atomic mass is 10.2. The van der Waals surface area contributed by atoms with Gasteiger partial charge in [0.05, 0.1) is 12.6 Å². The van der Waals surface area contributed by atoms with Crippen LogP contribution < -0.4 is 5.32 Å². The summed E-state index contributed by atoms with van der Waals surface area (Å²) in [4.78, 5) is 2.48. The third-order valence-electron chi connectivity index (χ3n) is 3.40. The second-order valence-corrected chi connectivity index (χ2v) is 4.74. The van der Waals surface area contributed by atoms with Crippen LogP contribution >= 0.6 is 0 Å². The number of nitrogens with zero attached hydrogens (tertiary/aromatic N) is 2. The van der Waals surface area contributed by atoms with Gasteiger partial charge in [-0.15, -0.1) is 0 Å². The fraction of sp³-hybridized carbons (Fsp3) is 0.500. The van der Waals surface area contributed by atoms with Crippen LogP contribution in [0.25, 0.3) is 0 Å². The van der Waals surface area contributed by atoms with Gasteiger partial charge < -0.3 is 5.32 Å². The Morgan fingerprint density at radius 1 is 1.41 bits per heavy atom. The van der Waals surface area contributed by atoms with E-state index in [0.717, 1.165) is 19.5 Å². The van der Waals surface area contributed by atoms with Crippen LogP contribution in [0.1, 0.15) is 18.9 Å². The van der Waals surface area contributed by atoms with E-state index >= 15 is 0 Å². The van der Waals surface area contributed by atoms with Crippen molar-refractivity contribution in [1.29, 1.82) is 5.26 Å². The number of nitriles is 1. The summed E-state index contributed by atoms with van der Waals surface area (Å²) in [7, 11) is 0. The highest BCUT2D eigenvalue weighted by Gasteiger charge is 2.28. The third kappa shape index (κ3) is 3.29. The average molecular weight is 229 g/mol. The van der Waals surface area contributed by atoms with Gasteiger partial charge in [0.2, 0.25) is 0 Å². The molecule has 1 aromatic carbocycles. The number of hydrogen-bond acceptors (Lipinski definition) is 3. The average Bonchev–Trinajstić information content (AvgIpc) is 2.69. The molecule has 1 heterocycles. The normalized spacial score (nSPS) is 24.7. The van der Waals surface area contributed by atoms with Gasteiger partial charge in [0, 0.05) is 25.2 Å². The van der Waals surface area contributed by atoms with Crippen LogP contribution in [0, 0.1) is 11.3 Å². The Morgan fingerprint density at radius 2 is 2.18 bits per heavy atom. The summed E-state index contributed by atoms with van der Waals surface area (Å²) in [6.45, 7) is 4.76. The van der Waals surface area contributed by atoms with Gasteiger partial charge in [-0.3, -0.25) is 4.90 Å². The molecule has 3 nitrogen and oxygen atoms in total. The van der Waals surface area contributed by atoms with Crippen molar-refractivity contribution in [2.75, 3.05) is 13.1 Å². The largest absolute Gasteiger partial charge is 0.300 e. The minimum absolute atomic E-state index is 0.455. The molecule has 0 aromatic heterocycles. The number of hydrogen-bond donors (Lipinski definition) is 1. The van der Waals surface area contributed by atoms with E-state index in [-0.39, 0.29) is 0 Å². The summed E-state index contributed by atoms with van der Waals surface area (Å²) in [5.74, 6) is 0. The molecular formula is C14H19N3. The quantitative estimate of drug-likeness (QED) is 0.800. The number of rotatable bonds is 4. The van der Waals surface area contributed by atoms with Crippen LogP contribution in [0.3, 0.4) is 0 Å². The lowest BCUT2D eigenvalue weighted by Crippen LogP contribution is -2.32. The van der Waals surface area contributed by atoms with Gasteiger partial charge in [-0.05, 0) is 18.9 Å². The smallest absolute Gasteiger partial charge is 0.0843 e. The molecule has 0 saturated carbocycles. The fourth-order valence-electron chi connectivity index (χ4n) is 2.47.